The van der Waals surface area contributed by atoms with E-state index in [-0.39, 0.29) is 0 Å². The molecule has 0 spiro atoms. The zero-order chi connectivity index (χ0) is 29.1. The first-order valence-electron chi connectivity index (χ1n) is 13.4. The molecule has 0 unspecified atom stereocenters. The molecule has 0 saturated heterocycles. The monoisotopic (exact) mass is 623 g/mol. The van der Waals surface area contributed by atoms with Gasteiger partial charge in [-0.05, 0) is 70.0 Å². The highest BCUT2D eigenvalue weighted by molar-refractivity contribution is 9.10. The molecule has 0 radical (unpaired) electrons. The van der Waals surface area contributed by atoms with Gasteiger partial charge in [-0.1, -0.05) is 18.2 Å². The summed E-state index contributed by atoms with van der Waals surface area (Å²) in [5.74, 6) is 3.07. The highest BCUT2D eigenvalue weighted by Gasteiger charge is 2.16. The molecule has 6 rings (SSSR count). The molecule has 3 N–H and O–H groups in total. The molecule has 42 heavy (non-hydrogen) atoms. The third kappa shape index (κ3) is 5.53. The van der Waals surface area contributed by atoms with Gasteiger partial charge < -0.3 is 25.4 Å². The van der Waals surface area contributed by atoms with Gasteiger partial charge in [0.2, 0.25) is 0 Å². The Morgan fingerprint density at radius 3 is 2.60 bits per heavy atom. The number of anilines is 3. The van der Waals surface area contributed by atoms with Gasteiger partial charge in [0.05, 0.1) is 25.1 Å². The van der Waals surface area contributed by atoms with Crippen LogP contribution >= 0.6 is 15.9 Å². The van der Waals surface area contributed by atoms with Gasteiger partial charge in [-0.3, -0.25) is 4.57 Å². The number of ether oxygens (including phenoxy) is 2. The Labute approximate surface area is 252 Å². The Kier molecular flexibility index (Phi) is 7.78. The molecule has 3 heterocycles. The first-order chi connectivity index (χ1) is 20.6. The lowest BCUT2D eigenvalue weighted by Crippen LogP contribution is -2.05. The van der Waals surface area contributed by atoms with Crippen LogP contribution in [-0.2, 0) is 13.1 Å². The Bertz CT molecular complexity index is 1890. The Balaban J connectivity index is 1.23. The normalized spacial score (nSPS) is 11.0. The van der Waals surface area contributed by atoms with E-state index in [0.717, 1.165) is 72.0 Å². The minimum Gasteiger partial charge on any atom is -0.497 e. The van der Waals surface area contributed by atoms with Crippen LogP contribution in [0.25, 0.3) is 27.6 Å². The molecule has 6 aromatic rings. The number of aromatic nitrogens is 4. The molecule has 0 atom stereocenters. The number of halogens is 1. The molecule has 0 saturated carbocycles. The van der Waals surface area contributed by atoms with E-state index in [1.807, 2.05) is 43.6 Å². The van der Waals surface area contributed by atoms with Crippen LogP contribution < -0.4 is 25.4 Å². The van der Waals surface area contributed by atoms with Crippen LogP contribution in [0.15, 0.2) is 89.8 Å². The minimum atomic E-state index is 0.525. The number of hydrogen-bond acceptors (Lipinski definition) is 8. The van der Waals surface area contributed by atoms with Crippen molar-refractivity contribution in [2.45, 2.75) is 13.1 Å². The molecule has 9 nitrogen and oxygen atoms in total. The van der Waals surface area contributed by atoms with E-state index in [4.69, 9.17) is 9.47 Å². The molecule has 212 valence electrons. The van der Waals surface area contributed by atoms with Gasteiger partial charge in [0, 0.05) is 59.2 Å². The topological polar surface area (TPSA) is 98.2 Å². The predicted molar refractivity (Wildman–Crippen MR) is 172 cm³/mol. The molecular weight excluding hydrogens is 594 g/mol. The van der Waals surface area contributed by atoms with Gasteiger partial charge in [-0.2, -0.15) is 0 Å². The van der Waals surface area contributed by atoms with Crippen molar-refractivity contribution in [3.8, 4) is 17.2 Å². The Morgan fingerprint density at radius 1 is 0.881 bits per heavy atom. The average Bonchev–Trinajstić information content (AvgIpc) is 3.39. The molecular formula is C32H30BrN7O2. The Morgan fingerprint density at radius 2 is 1.76 bits per heavy atom. The third-order valence-electron chi connectivity index (χ3n) is 7.11. The summed E-state index contributed by atoms with van der Waals surface area (Å²) >= 11 is 3.74. The second-order valence-corrected chi connectivity index (χ2v) is 10.5. The summed E-state index contributed by atoms with van der Waals surface area (Å²) in [5.41, 5.74) is 5.88. The van der Waals surface area contributed by atoms with E-state index in [2.05, 4.69) is 93.9 Å². The summed E-state index contributed by atoms with van der Waals surface area (Å²) in [6, 6.07) is 24.5. The molecule has 0 aliphatic heterocycles. The first kappa shape index (κ1) is 27.3. The van der Waals surface area contributed by atoms with Crippen molar-refractivity contribution in [2.75, 3.05) is 37.2 Å². The van der Waals surface area contributed by atoms with Crippen LogP contribution in [0.4, 0.5) is 17.3 Å². The fourth-order valence-corrected chi connectivity index (χ4v) is 5.48. The van der Waals surface area contributed by atoms with Crippen LogP contribution in [0.1, 0.15) is 11.1 Å². The average molecular weight is 625 g/mol. The van der Waals surface area contributed by atoms with E-state index in [9.17, 15) is 0 Å². The summed E-state index contributed by atoms with van der Waals surface area (Å²) in [4.78, 5) is 13.8. The summed E-state index contributed by atoms with van der Waals surface area (Å²) in [6.45, 7) is 1.20. The van der Waals surface area contributed by atoms with Gasteiger partial charge in [-0.15, -0.1) is 0 Å². The van der Waals surface area contributed by atoms with Gasteiger partial charge in [-0.25, -0.2) is 15.0 Å². The number of nitrogens with zero attached hydrogens (tertiary/aromatic N) is 4. The van der Waals surface area contributed by atoms with Crippen molar-refractivity contribution in [1.82, 2.24) is 19.5 Å². The molecule has 10 heteroatoms. The number of hydrogen-bond donors (Lipinski definition) is 3. The number of fused-ring (bicyclic) bond motifs is 2. The van der Waals surface area contributed by atoms with E-state index >= 15 is 0 Å². The summed E-state index contributed by atoms with van der Waals surface area (Å²) < 4.78 is 13.8. The third-order valence-corrected chi connectivity index (χ3v) is 7.71. The summed E-state index contributed by atoms with van der Waals surface area (Å²) in [6.07, 6.45) is 3.60. The van der Waals surface area contributed by atoms with Crippen LogP contribution in [0.5, 0.6) is 11.5 Å². The van der Waals surface area contributed by atoms with Crippen molar-refractivity contribution >= 4 is 55.2 Å². The largest absolute Gasteiger partial charge is 0.497 e. The smallest absolute Gasteiger partial charge is 0.151 e. The second kappa shape index (κ2) is 12.0. The van der Waals surface area contributed by atoms with Crippen molar-refractivity contribution in [2.24, 2.45) is 0 Å². The van der Waals surface area contributed by atoms with E-state index < -0.39 is 0 Å². The second-order valence-electron chi connectivity index (χ2n) is 9.68. The van der Waals surface area contributed by atoms with Crippen molar-refractivity contribution in [1.29, 1.82) is 0 Å². The Hall–Kier alpha value is -4.83. The molecule has 3 aromatic heterocycles. The standard InChI is InChI=1S/C32H30BrN7O2/c1-34-29-12-10-21-8-7-20(13-27(21)39-29)16-35-23-5-4-6-24(14-23)40-18-26(33)30-31(37-19-38-32(30)40)36-17-22-9-11-25(41-2)15-28(22)42-3/h4-15,18-19,35H,16-17H2,1-3H3,(H,34,39)(H,36,37,38). The highest BCUT2D eigenvalue weighted by atomic mass is 79.9. The maximum Gasteiger partial charge on any atom is 0.151 e. The van der Waals surface area contributed by atoms with Crippen molar-refractivity contribution in [3.63, 3.8) is 0 Å². The zero-order valence-corrected chi connectivity index (χ0v) is 25.1. The van der Waals surface area contributed by atoms with Crippen LogP contribution in [-0.4, -0.2) is 40.8 Å². The lowest BCUT2D eigenvalue weighted by atomic mass is 10.1. The highest BCUT2D eigenvalue weighted by Crippen LogP contribution is 2.33. The van der Waals surface area contributed by atoms with Gasteiger partial charge in [0.25, 0.3) is 0 Å². The lowest BCUT2D eigenvalue weighted by molar-refractivity contribution is 0.391. The first-order valence-corrected chi connectivity index (χ1v) is 14.2. The number of pyridine rings is 1. The van der Waals surface area contributed by atoms with E-state index in [1.54, 1.807) is 20.5 Å². The number of nitrogens with one attached hydrogen (secondary N) is 3. The number of methoxy groups -OCH3 is 2. The maximum absolute atomic E-state index is 5.56. The van der Waals surface area contributed by atoms with Crippen LogP contribution in [0.2, 0.25) is 0 Å². The summed E-state index contributed by atoms with van der Waals surface area (Å²) in [5, 5.41) is 12.1. The van der Waals surface area contributed by atoms with E-state index in [1.165, 1.54) is 0 Å². The lowest BCUT2D eigenvalue weighted by Gasteiger charge is -2.13. The quantitative estimate of drug-likeness (QED) is 0.150. The predicted octanol–water partition coefficient (Wildman–Crippen LogP) is 7.01. The van der Waals surface area contributed by atoms with Gasteiger partial charge in [0.15, 0.2) is 5.65 Å². The molecule has 0 amide bonds. The molecule has 0 aliphatic rings. The molecule has 0 fully saturated rings. The SMILES string of the molecule is CNc1ccc2ccc(CNc3cccc(-n4cc(Br)c5c(NCc6ccc(OC)cc6OC)ncnc54)c3)cc2n1. The maximum atomic E-state index is 5.56. The van der Waals surface area contributed by atoms with Gasteiger partial charge >= 0.3 is 0 Å². The number of benzene rings is 3. The van der Waals surface area contributed by atoms with Crippen molar-refractivity contribution < 1.29 is 9.47 Å². The minimum absolute atomic E-state index is 0.525. The molecule has 3 aromatic carbocycles. The van der Waals surface area contributed by atoms with Crippen LogP contribution in [0, 0.1) is 0 Å². The fraction of sp³-hybridized carbons (Fsp3) is 0.156. The molecule has 0 bridgehead atoms. The zero-order valence-electron chi connectivity index (χ0n) is 23.5. The van der Waals surface area contributed by atoms with E-state index in [0.29, 0.717) is 13.1 Å². The molecule has 0 aliphatic carbocycles. The van der Waals surface area contributed by atoms with Crippen LogP contribution in [0.3, 0.4) is 0 Å². The van der Waals surface area contributed by atoms with Crippen molar-refractivity contribution in [3.05, 3.63) is 101 Å². The fourth-order valence-electron chi connectivity index (χ4n) is 4.91. The number of rotatable bonds is 10. The van der Waals surface area contributed by atoms with Gasteiger partial charge in [0.1, 0.15) is 29.5 Å². The summed E-state index contributed by atoms with van der Waals surface area (Å²) in [7, 11) is 5.17.